The molecule has 1 rings (SSSR count). The third-order valence-corrected chi connectivity index (χ3v) is 3.20. The van der Waals surface area contributed by atoms with Gasteiger partial charge >= 0.3 is 6.01 Å². The van der Waals surface area contributed by atoms with E-state index in [0.29, 0.717) is 18.2 Å². The molecule has 0 bridgehead atoms. The molecule has 0 saturated heterocycles. The van der Waals surface area contributed by atoms with Crippen LogP contribution in [0.3, 0.4) is 0 Å². The smallest absolute Gasteiger partial charge is 0.322 e. The minimum absolute atomic E-state index is 0.153. The summed E-state index contributed by atoms with van der Waals surface area (Å²) in [5.41, 5.74) is 5.45. The fraction of sp³-hybridized carbons (Fsp3) is 0.700. The number of carbonyl (C=O) groups excluding carboxylic acids is 1. The van der Waals surface area contributed by atoms with E-state index in [9.17, 15) is 4.79 Å². The monoisotopic (exact) mass is 258 g/mol. The topological polar surface area (TPSA) is 94.0 Å². The van der Waals surface area contributed by atoms with Gasteiger partial charge in [0.05, 0.1) is 5.75 Å². The minimum Gasteiger partial charge on any atom is -0.408 e. The van der Waals surface area contributed by atoms with E-state index in [2.05, 4.69) is 15.5 Å². The van der Waals surface area contributed by atoms with E-state index in [1.54, 1.807) is 0 Å². The average molecular weight is 258 g/mol. The van der Waals surface area contributed by atoms with Crippen molar-refractivity contribution in [2.45, 2.75) is 31.9 Å². The largest absolute Gasteiger partial charge is 0.408 e. The number of hydrogen-bond acceptors (Lipinski definition) is 6. The summed E-state index contributed by atoms with van der Waals surface area (Å²) in [6.07, 6.45) is 0. The van der Waals surface area contributed by atoms with E-state index in [4.69, 9.17) is 10.2 Å². The molecular weight excluding hydrogens is 240 g/mol. The third kappa shape index (κ3) is 4.74. The molecule has 0 radical (unpaired) electrons. The van der Waals surface area contributed by atoms with Crippen LogP contribution in [0.15, 0.2) is 4.42 Å². The predicted molar refractivity (Wildman–Crippen MR) is 68.0 cm³/mol. The third-order valence-electron chi connectivity index (χ3n) is 2.01. The van der Waals surface area contributed by atoms with Gasteiger partial charge in [0, 0.05) is 17.7 Å². The molecule has 0 aromatic carbocycles. The highest BCUT2D eigenvalue weighted by molar-refractivity contribution is 8.00. The predicted octanol–water partition coefficient (Wildman–Crippen LogP) is 1.21. The summed E-state index contributed by atoms with van der Waals surface area (Å²) in [7, 11) is 0. The summed E-state index contributed by atoms with van der Waals surface area (Å²) in [6.45, 7) is 6.41. The Labute approximate surface area is 105 Å². The van der Waals surface area contributed by atoms with Crippen molar-refractivity contribution in [1.82, 2.24) is 10.2 Å². The van der Waals surface area contributed by atoms with Crippen molar-refractivity contribution < 1.29 is 9.21 Å². The van der Waals surface area contributed by atoms with Gasteiger partial charge in [-0.15, -0.1) is 16.9 Å². The molecule has 0 spiro atoms. The fourth-order valence-electron chi connectivity index (χ4n) is 0.960. The van der Waals surface area contributed by atoms with Gasteiger partial charge in [-0.05, 0) is 0 Å². The van der Waals surface area contributed by atoms with Crippen LogP contribution in [0.5, 0.6) is 0 Å². The summed E-state index contributed by atoms with van der Waals surface area (Å²) in [4.78, 5) is 11.5. The number of carbonyl (C=O) groups is 1. The number of rotatable bonds is 6. The molecule has 17 heavy (non-hydrogen) atoms. The summed E-state index contributed by atoms with van der Waals surface area (Å²) < 4.78 is 5.26. The van der Waals surface area contributed by atoms with Gasteiger partial charge in [0.25, 0.3) is 0 Å². The molecule has 1 aromatic heterocycles. The highest BCUT2D eigenvalue weighted by Crippen LogP contribution is 2.15. The molecule has 1 unspecified atom stereocenters. The molecular formula is C10H18N4O2S. The Hall–Kier alpha value is -1.08. The van der Waals surface area contributed by atoms with Gasteiger partial charge in [-0.1, -0.05) is 25.9 Å². The molecule has 3 N–H and O–H groups in total. The van der Waals surface area contributed by atoms with Crippen LogP contribution in [-0.4, -0.2) is 33.7 Å². The maximum Gasteiger partial charge on any atom is 0.322 e. The van der Waals surface area contributed by atoms with Gasteiger partial charge in [-0.2, -0.15) is 0 Å². The first-order chi connectivity index (χ1) is 8.02. The van der Waals surface area contributed by atoms with Crippen molar-refractivity contribution in [1.29, 1.82) is 0 Å². The molecule has 0 saturated carbocycles. The van der Waals surface area contributed by atoms with Crippen LogP contribution >= 0.6 is 11.8 Å². The number of nitrogens with zero attached hydrogens (tertiary/aromatic N) is 2. The molecule has 0 aliphatic rings. The summed E-state index contributed by atoms with van der Waals surface area (Å²) in [5, 5.41) is 10.4. The molecule has 0 aliphatic heterocycles. The molecule has 1 atom stereocenters. The normalized spacial score (nSPS) is 12.8. The Balaban J connectivity index is 2.39. The number of anilines is 1. The van der Waals surface area contributed by atoms with Gasteiger partial charge in [0.15, 0.2) is 0 Å². The number of aromatic nitrogens is 2. The van der Waals surface area contributed by atoms with Crippen molar-refractivity contribution >= 4 is 23.7 Å². The van der Waals surface area contributed by atoms with Gasteiger partial charge < -0.3 is 10.2 Å². The molecule has 7 heteroatoms. The minimum atomic E-state index is -0.158. The first-order valence-corrected chi connectivity index (χ1v) is 6.52. The lowest BCUT2D eigenvalue weighted by Gasteiger charge is -2.06. The van der Waals surface area contributed by atoms with Gasteiger partial charge in [-0.25, -0.2) is 0 Å². The second-order valence-electron chi connectivity index (χ2n) is 4.01. The summed E-state index contributed by atoms with van der Waals surface area (Å²) in [6, 6.07) is 0.153. The highest BCUT2D eigenvalue weighted by Gasteiger charge is 2.12. The lowest BCUT2D eigenvalue weighted by atomic mass is 10.2. The first kappa shape index (κ1) is 14.0. The number of thioether (sulfide) groups is 1. The van der Waals surface area contributed by atoms with Crippen LogP contribution in [-0.2, 0) is 4.79 Å². The number of nitrogens with one attached hydrogen (secondary N) is 1. The van der Waals surface area contributed by atoms with Crippen LogP contribution in [0.1, 0.15) is 32.6 Å². The molecule has 0 fully saturated rings. The lowest BCUT2D eigenvalue weighted by molar-refractivity contribution is -0.113. The first-order valence-electron chi connectivity index (χ1n) is 5.47. The summed E-state index contributed by atoms with van der Waals surface area (Å²) in [5.74, 6) is 0.843. The Morgan fingerprint density at radius 3 is 2.71 bits per heavy atom. The molecule has 6 nitrogen and oxygen atoms in total. The van der Waals surface area contributed by atoms with Crippen LogP contribution in [0.2, 0.25) is 0 Å². The van der Waals surface area contributed by atoms with Crippen molar-refractivity contribution in [2.24, 2.45) is 5.73 Å². The van der Waals surface area contributed by atoms with Crippen molar-refractivity contribution in [3.05, 3.63) is 5.89 Å². The van der Waals surface area contributed by atoms with Crippen LogP contribution in [0.25, 0.3) is 0 Å². The van der Waals surface area contributed by atoms with Crippen molar-refractivity contribution in [3.63, 3.8) is 0 Å². The summed E-state index contributed by atoms with van der Waals surface area (Å²) >= 11 is 1.49. The standard InChI is InChI=1S/C10H18N4O2S/c1-6(2)9-13-14-10(16-9)12-8(15)5-17-7(3)4-11/h6-7H,4-5,11H2,1-3H3,(H,12,14,15). The molecule has 1 amide bonds. The van der Waals surface area contributed by atoms with Gasteiger partial charge in [0.2, 0.25) is 11.8 Å². The van der Waals surface area contributed by atoms with Crippen molar-refractivity contribution in [3.8, 4) is 0 Å². The molecule has 1 heterocycles. The van der Waals surface area contributed by atoms with Crippen molar-refractivity contribution in [2.75, 3.05) is 17.6 Å². The Bertz CT molecular complexity index is 367. The van der Waals surface area contributed by atoms with E-state index < -0.39 is 0 Å². The number of nitrogens with two attached hydrogens (primary N) is 1. The van der Waals surface area contributed by atoms with Gasteiger partial charge in [0.1, 0.15) is 0 Å². The zero-order valence-electron chi connectivity index (χ0n) is 10.3. The van der Waals surface area contributed by atoms with Crippen LogP contribution in [0.4, 0.5) is 6.01 Å². The van der Waals surface area contributed by atoms with E-state index >= 15 is 0 Å². The van der Waals surface area contributed by atoms with Crippen LogP contribution < -0.4 is 11.1 Å². The number of hydrogen-bond donors (Lipinski definition) is 2. The SMILES string of the molecule is CC(CN)SCC(=O)Nc1nnc(C(C)C)o1. The Kier molecular flexibility index (Phi) is 5.43. The van der Waals surface area contributed by atoms with Gasteiger partial charge in [-0.3, -0.25) is 10.1 Å². The maximum absolute atomic E-state index is 11.5. The average Bonchev–Trinajstić information content (AvgIpc) is 2.74. The zero-order valence-corrected chi connectivity index (χ0v) is 11.1. The van der Waals surface area contributed by atoms with E-state index in [0.717, 1.165) is 0 Å². The fourth-order valence-corrected chi connectivity index (χ4v) is 1.60. The molecule has 96 valence electrons. The van der Waals surface area contributed by atoms with E-state index in [1.807, 2.05) is 20.8 Å². The van der Waals surface area contributed by atoms with Crippen LogP contribution in [0, 0.1) is 0 Å². The molecule has 0 aliphatic carbocycles. The second-order valence-corrected chi connectivity index (χ2v) is 5.43. The van der Waals surface area contributed by atoms with E-state index in [1.165, 1.54) is 11.8 Å². The Morgan fingerprint density at radius 1 is 1.47 bits per heavy atom. The maximum atomic E-state index is 11.5. The second kappa shape index (κ2) is 6.61. The molecule has 1 aromatic rings. The highest BCUT2D eigenvalue weighted by atomic mass is 32.2. The lowest BCUT2D eigenvalue weighted by Crippen LogP contribution is -2.19. The van der Waals surface area contributed by atoms with E-state index in [-0.39, 0.29) is 23.1 Å². The quantitative estimate of drug-likeness (QED) is 0.796. The number of amides is 1. The zero-order chi connectivity index (χ0) is 12.8. The Morgan fingerprint density at radius 2 is 2.18 bits per heavy atom.